The first-order chi connectivity index (χ1) is 9.72. The van der Waals surface area contributed by atoms with Crippen molar-refractivity contribution in [1.82, 2.24) is 20.0 Å². The highest BCUT2D eigenvalue weighted by Crippen LogP contribution is 2.23. The number of halogens is 1. The van der Waals surface area contributed by atoms with E-state index in [0.717, 1.165) is 5.56 Å². The maximum Gasteiger partial charge on any atom is 0.267 e. The molecule has 5 nitrogen and oxygen atoms in total. The Balaban J connectivity index is 1.86. The summed E-state index contributed by atoms with van der Waals surface area (Å²) >= 11 is 1.35. The molecule has 0 unspecified atom stereocenters. The summed E-state index contributed by atoms with van der Waals surface area (Å²) in [5.41, 5.74) is 0.606. The van der Waals surface area contributed by atoms with Gasteiger partial charge in [-0.2, -0.15) is 5.10 Å². The van der Waals surface area contributed by atoms with Crippen LogP contribution < -0.4 is 5.56 Å². The second-order valence-corrected chi connectivity index (χ2v) is 5.09. The summed E-state index contributed by atoms with van der Waals surface area (Å²) in [6.07, 6.45) is 1.54. The molecule has 0 spiro atoms. The van der Waals surface area contributed by atoms with E-state index in [0.29, 0.717) is 10.0 Å². The standard InChI is InChI=1S/C13H9FN4OS/c14-10-5-3-9(4-6-10)13-17-16-11(20-13)8-18-12(19)2-1-7-15-18/h1-7H,8H2. The van der Waals surface area contributed by atoms with Crippen molar-refractivity contribution in [3.05, 3.63) is 63.8 Å². The molecular weight excluding hydrogens is 279 g/mol. The molecule has 0 aliphatic heterocycles. The van der Waals surface area contributed by atoms with Gasteiger partial charge in [-0.25, -0.2) is 9.07 Å². The third kappa shape index (κ3) is 2.62. The van der Waals surface area contributed by atoms with Crippen molar-refractivity contribution < 1.29 is 4.39 Å². The molecular formula is C13H9FN4OS. The molecule has 0 aliphatic rings. The summed E-state index contributed by atoms with van der Waals surface area (Å²) in [4.78, 5) is 11.6. The topological polar surface area (TPSA) is 60.7 Å². The van der Waals surface area contributed by atoms with Crippen LogP contribution in [-0.2, 0) is 6.54 Å². The number of nitrogens with zero attached hydrogens (tertiary/aromatic N) is 4. The smallest absolute Gasteiger partial charge is 0.267 e. The zero-order chi connectivity index (χ0) is 13.9. The minimum Gasteiger partial charge on any atom is -0.268 e. The number of rotatable bonds is 3. The van der Waals surface area contributed by atoms with Crippen molar-refractivity contribution in [1.29, 1.82) is 0 Å². The second kappa shape index (κ2) is 5.30. The number of hydrogen-bond donors (Lipinski definition) is 0. The fraction of sp³-hybridized carbons (Fsp3) is 0.0769. The van der Waals surface area contributed by atoms with Crippen LogP contribution in [0.5, 0.6) is 0 Å². The Bertz CT molecular complexity index is 781. The lowest BCUT2D eigenvalue weighted by Gasteiger charge is -1.98. The van der Waals surface area contributed by atoms with Gasteiger partial charge in [-0.05, 0) is 30.3 Å². The Labute approximate surface area is 117 Å². The maximum atomic E-state index is 12.9. The zero-order valence-electron chi connectivity index (χ0n) is 10.2. The van der Waals surface area contributed by atoms with Gasteiger partial charge in [0.25, 0.3) is 5.56 Å². The fourth-order valence-corrected chi connectivity index (χ4v) is 2.49. The van der Waals surface area contributed by atoms with E-state index in [1.807, 2.05) is 0 Å². The summed E-state index contributed by atoms with van der Waals surface area (Å²) in [6.45, 7) is 0.276. The average Bonchev–Trinajstić information content (AvgIpc) is 2.91. The molecule has 0 atom stereocenters. The van der Waals surface area contributed by atoms with Crippen LogP contribution >= 0.6 is 11.3 Å². The Kier molecular flexibility index (Phi) is 3.34. The molecule has 3 rings (SSSR count). The lowest BCUT2D eigenvalue weighted by Crippen LogP contribution is -2.21. The van der Waals surface area contributed by atoms with Crippen LogP contribution in [0.15, 0.2) is 47.4 Å². The molecule has 7 heteroatoms. The van der Waals surface area contributed by atoms with Crippen LogP contribution in [0.25, 0.3) is 10.6 Å². The summed E-state index contributed by atoms with van der Waals surface area (Å²) in [5.74, 6) is -0.293. The van der Waals surface area contributed by atoms with Gasteiger partial charge in [0.2, 0.25) is 0 Å². The van der Waals surface area contributed by atoms with Crippen LogP contribution in [0.4, 0.5) is 4.39 Å². The highest BCUT2D eigenvalue weighted by molar-refractivity contribution is 7.14. The first kappa shape index (κ1) is 12.6. The first-order valence-corrected chi connectivity index (χ1v) is 6.64. The van der Waals surface area contributed by atoms with Crippen molar-refractivity contribution >= 4 is 11.3 Å². The third-order valence-electron chi connectivity index (χ3n) is 2.63. The average molecular weight is 288 g/mol. The number of aromatic nitrogens is 4. The Hall–Kier alpha value is -2.41. The normalized spacial score (nSPS) is 10.7. The minimum absolute atomic E-state index is 0.189. The van der Waals surface area contributed by atoms with Gasteiger partial charge >= 0.3 is 0 Å². The van der Waals surface area contributed by atoms with Gasteiger partial charge in [0, 0.05) is 17.8 Å². The number of hydrogen-bond acceptors (Lipinski definition) is 5. The van der Waals surface area contributed by atoms with Crippen molar-refractivity contribution in [2.24, 2.45) is 0 Å². The van der Waals surface area contributed by atoms with Crippen LogP contribution in [0.3, 0.4) is 0 Å². The summed E-state index contributed by atoms with van der Waals surface area (Å²) < 4.78 is 14.2. The van der Waals surface area contributed by atoms with Gasteiger partial charge < -0.3 is 0 Å². The molecule has 0 saturated heterocycles. The van der Waals surface area contributed by atoms with E-state index in [2.05, 4.69) is 15.3 Å². The molecule has 100 valence electrons. The molecule has 0 N–H and O–H groups in total. The molecule has 1 aromatic carbocycles. The fourth-order valence-electron chi connectivity index (χ4n) is 1.66. The van der Waals surface area contributed by atoms with Gasteiger partial charge in [0.1, 0.15) is 15.8 Å². The third-order valence-corrected chi connectivity index (χ3v) is 3.59. The molecule has 2 heterocycles. The summed E-state index contributed by atoms with van der Waals surface area (Å²) in [7, 11) is 0. The van der Waals surface area contributed by atoms with Crippen molar-refractivity contribution in [3.63, 3.8) is 0 Å². The lowest BCUT2D eigenvalue weighted by atomic mass is 10.2. The van der Waals surface area contributed by atoms with Crippen molar-refractivity contribution in [3.8, 4) is 10.6 Å². The largest absolute Gasteiger partial charge is 0.268 e. The van der Waals surface area contributed by atoms with Gasteiger partial charge in [-0.1, -0.05) is 11.3 Å². The van der Waals surface area contributed by atoms with Crippen LogP contribution in [0.2, 0.25) is 0 Å². The Morgan fingerprint density at radius 1 is 1.15 bits per heavy atom. The zero-order valence-corrected chi connectivity index (χ0v) is 11.0. The van der Waals surface area contributed by atoms with Gasteiger partial charge in [0.15, 0.2) is 0 Å². The van der Waals surface area contributed by atoms with Crippen LogP contribution in [-0.4, -0.2) is 20.0 Å². The minimum atomic E-state index is -0.293. The van der Waals surface area contributed by atoms with E-state index in [9.17, 15) is 9.18 Å². The molecule has 0 aliphatic carbocycles. The molecule has 0 bridgehead atoms. The molecule has 20 heavy (non-hydrogen) atoms. The molecule has 2 aromatic heterocycles. The highest BCUT2D eigenvalue weighted by atomic mass is 32.1. The predicted molar refractivity (Wildman–Crippen MR) is 72.9 cm³/mol. The summed E-state index contributed by atoms with van der Waals surface area (Å²) in [6, 6.07) is 9.07. The molecule has 0 fully saturated rings. The van der Waals surface area contributed by atoms with Gasteiger partial charge in [-0.15, -0.1) is 10.2 Å². The predicted octanol–water partition coefficient (Wildman–Crippen LogP) is 1.95. The summed E-state index contributed by atoms with van der Waals surface area (Å²) in [5, 5.41) is 13.4. The Morgan fingerprint density at radius 2 is 1.95 bits per heavy atom. The quantitative estimate of drug-likeness (QED) is 0.739. The second-order valence-electron chi connectivity index (χ2n) is 4.03. The monoisotopic (exact) mass is 288 g/mol. The Morgan fingerprint density at radius 3 is 2.70 bits per heavy atom. The molecule has 0 saturated carbocycles. The molecule has 0 amide bonds. The van der Waals surface area contributed by atoms with E-state index in [1.165, 1.54) is 34.2 Å². The first-order valence-electron chi connectivity index (χ1n) is 5.83. The molecule has 3 aromatic rings. The van der Waals surface area contributed by atoms with E-state index in [1.54, 1.807) is 24.4 Å². The van der Waals surface area contributed by atoms with Crippen LogP contribution in [0.1, 0.15) is 5.01 Å². The van der Waals surface area contributed by atoms with E-state index >= 15 is 0 Å². The molecule has 0 radical (unpaired) electrons. The maximum absolute atomic E-state index is 12.9. The lowest BCUT2D eigenvalue weighted by molar-refractivity contribution is 0.628. The van der Waals surface area contributed by atoms with E-state index in [-0.39, 0.29) is 17.9 Å². The van der Waals surface area contributed by atoms with E-state index in [4.69, 9.17) is 0 Å². The van der Waals surface area contributed by atoms with Crippen LogP contribution in [0, 0.1) is 5.82 Å². The van der Waals surface area contributed by atoms with Gasteiger partial charge in [-0.3, -0.25) is 4.79 Å². The van der Waals surface area contributed by atoms with Gasteiger partial charge in [0.05, 0.1) is 6.54 Å². The van der Waals surface area contributed by atoms with Crippen molar-refractivity contribution in [2.75, 3.05) is 0 Å². The van der Waals surface area contributed by atoms with Crippen molar-refractivity contribution in [2.45, 2.75) is 6.54 Å². The van der Waals surface area contributed by atoms with E-state index < -0.39 is 0 Å². The highest BCUT2D eigenvalue weighted by Gasteiger charge is 2.08. The SMILES string of the molecule is O=c1cccnn1Cc1nnc(-c2ccc(F)cc2)s1. The number of benzene rings is 1.